The summed E-state index contributed by atoms with van der Waals surface area (Å²) in [7, 11) is 0. The molecule has 24 heavy (non-hydrogen) atoms. The van der Waals surface area contributed by atoms with Crippen LogP contribution in [-0.2, 0) is 6.42 Å². The fraction of sp³-hybridized carbons (Fsp3) is 0.444. The molecular formula is C18H24N4O2. The Labute approximate surface area is 141 Å². The second-order valence-corrected chi connectivity index (χ2v) is 6.24. The van der Waals surface area contributed by atoms with Crippen LogP contribution in [0.4, 0.5) is 4.79 Å². The van der Waals surface area contributed by atoms with E-state index >= 15 is 0 Å². The van der Waals surface area contributed by atoms with Gasteiger partial charge in [-0.25, -0.2) is 9.48 Å². The molecule has 0 bridgehead atoms. The number of benzene rings is 1. The van der Waals surface area contributed by atoms with E-state index in [4.69, 9.17) is 0 Å². The van der Waals surface area contributed by atoms with Crippen LogP contribution in [0, 0.1) is 0 Å². The molecule has 1 aliphatic carbocycles. The van der Waals surface area contributed by atoms with E-state index in [-0.39, 0.29) is 18.2 Å². The average molecular weight is 328 g/mol. The number of para-hydroxylation sites is 1. The van der Waals surface area contributed by atoms with Gasteiger partial charge in [0.15, 0.2) is 0 Å². The maximum Gasteiger partial charge on any atom is 0.315 e. The molecule has 1 aromatic heterocycles. The first-order chi connectivity index (χ1) is 11.7. The molecule has 0 radical (unpaired) electrons. The van der Waals surface area contributed by atoms with Crippen LogP contribution in [0.2, 0.25) is 0 Å². The van der Waals surface area contributed by atoms with Crippen molar-refractivity contribution >= 4 is 6.03 Å². The SMILES string of the molecule is O=C(NCCc1ccn(-c2ccccc2)n1)NC1CCC(O)CC1. The van der Waals surface area contributed by atoms with Crippen molar-refractivity contribution in [3.8, 4) is 5.69 Å². The van der Waals surface area contributed by atoms with Crippen LogP contribution in [0.15, 0.2) is 42.6 Å². The van der Waals surface area contributed by atoms with Gasteiger partial charge in [0.2, 0.25) is 0 Å². The fourth-order valence-corrected chi connectivity index (χ4v) is 2.98. The first kappa shape index (κ1) is 16.5. The first-order valence-electron chi connectivity index (χ1n) is 8.53. The molecule has 1 heterocycles. The molecule has 1 aliphatic rings. The molecule has 128 valence electrons. The van der Waals surface area contributed by atoms with Gasteiger partial charge < -0.3 is 15.7 Å². The Hall–Kier alpha value is -2.34. The Balaban J connectivity index is 1.40. The predicted molar refractivity (Wildman–Crippen MR) is 92.1 cm³/mol. The molecule has 0 atom stereocenters. The Morgan fingerprint density at radius 2 is 1.92 bits per heavy atom. The van der Waals surface area contributed by atoms with Crippen LogP contribution in [0.1, 0.15) is 31.4 Å². The van der Waals surface area contributed by atoms with E-state index in [1.54, 1.807) is 0 Å². The van der Waals surface area contributed by atoms with Crippen LogP contribution < -0.4 is 10.6 Å². The number of nitrogens with zero attached hydrogens (tertiary/aromatic N) is 2. The van der Waals surface area contributed by atoms with E-state index in [1.807, 2.05) is 47.3 Å². The van der Waals surface area contributed by atoms with Crippen LogP contribution in [0.5, 0.6) is 0 Å². The van der Waals surface area contributed by atoms with Gasteiger partial charge in [0.05, 0.1) is 17.5 Å². The molecule has 0 aliphatic heterocycles. The molecule has 0 saturated heterocycles. The molecular weight excluding hydrogens is 304 g/mol. The summed E-state index contributed by atoms with van der Waals surface area (Å²) in [6.45, 7) is 0.549. The highest BCUT2D eigenvalue weighted by molar-refractivity contribution is 5.74. The number of aliphatic hydroxyl groups is 1. The lowest BCUT2D eigenvalue weighted by Crippen LogP contribution is -2.44. The van der Waals surface area contributed by atoms with Gasteiger partial charge in [0.1, 0.15) is 0 Å². The van der Waals surface area contributed by atoms with E-state index in [2.05, 4.69) is 15.7 Å². The van der Waals surface area contributed by atoms with Crippen molar-refractivity contribution in [3.63, 3.8) is 0 Å². The van der Waals surface area contributed by atoms with E-state index in [1.165, 1.54) is 0 Å². The summed E-state index contributed by atoms with van der Waals surface area (Å²) in [6, 6.07) is 11.9. The molecule has 1 fully saturated rings. The molecule has 2 amide bonds. The van der Waals surface area contributed by atoms with Gasteiger partial charge >= 0.3 is 6.03 Å². The molecule has 2 aromatic rings. The third kappa shape index (κ3) is 4.58. The maximum absolute atomic E-state index is 11.9. The summed E-state index contributed by atoms with van der Waals surface area (Å²) in [5.41, 5.74) is 1.97. The lowest BCUT2D eigenvalue weighted by Gasteiger charge is -2.26. The standard InChI is InChI=1S/C18H24N4O2/c23-17-8-6-14(7-9-17)20-18(24)19-12-10-15-11-13-22(21-15)16-4-2-1-3-5-16/h1-5,11,13-14,17,23H,6-10,12H2,(H2,19,20,24). The number of amides is 2. The predicted octanol–water partition coefficient (Wildman–Crippen LogP) is 2.02. The Kier molecular flexibility index (Phi) is 5.48. The van der Waals surface area contributed by atoms with Crippen LogP contribution in [0.3, 0.4) is 0 Å². The summed E-state index contributed by atoms with van der Waals surface area (Å²) < 4.78 is 1.84. The van der Waals surface area contributed by atoms with Crippen LogP contribution >= 0.6 is 0 Å². The number of aromatic nitrogens is 2. The topological polar surface area (TPSA) is 79.2 Å². The van der Waals surface area contributed by atoms with Gasteiger partial charge in [-0.3, -0.25) is 0 Å². The van der Waals surface area contributed by atoms with Gasteiger partial charge in [-0.05, 0) is 43.9 Å². The normalized spacial score (nSPS) is 20.5. The van der Waals surface area contributed by atoms with E-state index < -0.39 is 0 Å². The van der Waals surface area contributed by atoms with E-state index in [0.717, 1.165) is 37.1 Å². The van der Waals surface area contributed by atoms with Crippen molar-refractivity contribution in [2.75, 3.05) is 6.54 Å². The summed E-state index contributed by atoms with van der Waals surface area (Å²) in [4.78, 5) is 11.9. The number of rotatable bonds is 5. The van der Waals surface area contributed by atoms with Crippen molar-refractivity contribution in [2.45, 2.75) is 44.2 Å². The van der Waals surface area contributed by atoms with Crippen molar-refractivity contribution < 1.29 is 9.90 Å². The van der Waals surface area contributed by atoms with Gasteiger partial charge in [0, 0.05) is 25.2 Å². The molecule has 3 N–H and O–H groups in total. The zero-order valence-electron chi connectivity index (χ0n) is 13.7. The molecule has 3 rings (SSSR count). The second kappa shape index (κ2) is 7.97. The molecule has 1 saturated carbocycles. The average Bonchev–Trinajstić information content (AvgIpc) is 3.07. The smallest absolute Gasteiger partial charge is 0.315 e. The molecule has 0 spiro atoms. The summed E-state index contributed by atoms with van der Waals surface area (Å²) in [5.74, 6) is 0. The Morgan fingerprint density at radius 1 is 1.17 bits per heavy atom. The molecule has 6 heteroatoms. The third-order valence-electron chi connectivity index (χ3n) is 4.36. The monoisotopic (exact) mass is 328 g/mol. The van der Waals surface area contributed by atoms with Crippen molar-refractivity contribution in [1.29, 1.82) is 0 Å². The third-order valence-corrected chi connectivity index (χ3v) is 4.36. The quantitative estimate of drug-likeness (QED) is 0.785. The number of hydrogen-bond acceptors (Lipinski definition) is 3. The highest BCUT2D eigenvalue weighted by atomic mass is 16.3. The minimum absolute atomic E-state index is 0.140. The van der Waals surface area contributed by atoms with E-state index in [0.29, 0.717) is 13.0 Å². The number of carbonyl (C=O) groups is 1. The largest absolute Gasteiger partial charge is 0.393 e. The Morgan fingerprint density at radius 3 is 2.67 bits per heavy atom. The number of nitrogens with one attached hydrogen (secondary N) is 2. The van der Waals surface area contributed by atoms with Crippen molar-refractivity contribution in [3.05, 3.63) is 48.3 Å². The van der Waals surface area contributed by atoms with Crippen LogP contribution in [-0.4, -0.2) is 39.6 Å². The number of hydrogen-bond donors (Lipinski definition) is 3. The fourth-order valence-electron chi connectivity index (χ4n) is 2.98. The van der Waals surface area contributed by atoms with Crippen molar-refractivity contribution in [1.82, 2.24) is 20.4 Å². The van der Waals surface area contributed by atoms with Crippen molar-refractivity contribution in [2.24, 2.45) is 0 Å². The number of urea groups is 1. The molecule has 0 unspecified atom stereocenters. The Bertz CT molecular complexity index is 648. The minimum Gasteiger partial charge on any atom is -0.393 e. The maximum atomic E-state index is 11.9. The van der Waals surface area contributed by atoms with Gasteiger partial charge in [0.25, 0.3) is 0 Å². The highest BCUT2D eigenvalue weighted by Gasteiger charge is 2.20. The lowest BCUT2D eigenvalue weighted by atomic mass is 9.93. The van der Waals surface area contributed by atoms with Gasteiger partial charge in [-0.2, -0.15) is 5.10 Å². The lowest BCUT2D eigenvalue weighted by molar-refractivity contribution is 0.117. The zero-order chi connectivity index (χ0) is 16.8. The second-order valence-electron chi connectivity index (χ2n) is 6.24. The molecule has 1 aromatic carbocycles. The van der Waals surface area contributed by atoms with Crippen LogP contribution in [0.25, 0.3) is 5.69 Å². The highest BCUT2D eigenvalue weighted by Crippen LogP contribution is 2.18. The zero-order valence-corrected chi connectivity index (χ0v) is 13.7. The van der Waals surface area contributed by atoms with E-state index in [9.17, 15) is 9.90 Å². The summed E-state index contributed by atoms with van der Waals surface area (Å²) >= 11 is 0. The number of carbonyl (C=O) groups excluding carboxylic acids is 1. The van der Waals surface area contributed by atoms with Gasteiger partial charge in [-0.1, -0.05) is 18.2 Å². The first-order valence-corrected chi connectivity index (χ1v) is 8.53. The number of aliphatic hydroxyl groups excluding tert-OH is 1. The minimum atomic E-state index is -0.203. The van der Waals surface area contributed by atoms with Gasteiger partial charge in [-0.15, -0.1) is 0 Å². The molecule has 6 nitrogen and oxygen atoms in total. The summed E-state index contributed by atoms with van der Waals surface area (Å²) in [6.07, 6.45) is 5.63. The summed E-state index contributed by atoms with van der Waals surface area (Å²) in [5, 5.41) is 19.8.